The van der Waals surface area contributed by atoms with Gasteiger partial charge in [-0.05, 0) is 19.8 Å². The lowest BCUT2D eigenvalue weighted by Gasteiger charge is -2.29. The van der Waals surface area contributed by atoms with Gasteiger partial charge in [-0.25, -0.2) is 0 Å². The van der Waals surface area contributed by atoms with Crippen molar-refractivity contribution in [3.05, 3.63) is 0 Å². The highest BCUT2D eigenvalue weighted by molar-refractivity contribution is 7.86. The fraction of sp³-hybridized carbons (Fsp3) is 1.00. The quantitative estimate of drug-likeness (QED) is 0.654. The SMILES string of the molecule is CCN(OC)S(=O)(=O)N1CCCCC1. The molecule has 0 aromatic rings. The van der Waals surface area contributed by atoms with Crippen LogP contribution in [-0.2, 0) is 15.0 Å². The third-order valence-corrected chi connectivity index (χ3v) is 4.30. The van der Waals surface area contributed by atoms with Gasteiger partial charge in [-0.1, -0.05) is 10.9 Å². The Morgan fingerprint density at radius 1 is 1.29 bits per heavy atom. The normalized spacial score (nSPS) is 20.2. The monoisotopic (exact) mass is 222 g/mol. The maximum atomic E-state index is 11.9. The number of hydrogen-bond acceptors (Lipinski definition) is 3. The number of hydrogen-bond donors (Lipinski definition) is 0. The van der Waals surface area contributed by atoms with Crippen molar-refractivity contribution in [2.75, 3.05) is 26.7 Å². The molecule has 5 nitrogen and oxygen atoms in total. The van der Waals surface area contributed by atoms with Gasteiger partial charge in [0.05, 0.1) is 7.11 Å². The number of piperidine rings is 1. The van der Waals surface area contributed by atoms with Crippen molar-refractivity contribution >= 4 is 10.2 Å². The van der Waals surface area contributed by atoms with Crippen LogP contribution in [0.4, 0.5) is 0 Å². The largest absolute Gasteiger partial charge is 0.304 e. The second-order valence-corrected chi connectivity index (χ2v) is 5.09. The fourth-order valence-corrected chi connectivity index (χ4v) is 3.10. The van der Waals surface area contributed by atoms with Gasteiger partial charge in [-0.2, -0.15) is 12.7 Å². The van der Waals surface area contributed by atoms with Crippen molar-refractivity contribution in [2.24, 2.45) is 0 Å². The Hall–Kier alpha value is -0.170. The minimum atomic E-state index is -3.38. The minimum absolute atomic E-state index is 0.343. The smallest absolute Gasteiger partial charge is 0.287 e. The Kier molecular flexibility index (Phi) is 4.31. The van der Waals surface area contributed by atoms with Crippen molar-refractivity contribution in [1.29, 1.82) is 0 Å². The molecular formula is C8H18N2O3S. The summed E-state index contributed by atoms with van der Waals surface area (Å²) in [4.78, 5) is 4.82. The van der Waals surface area contributed by atoms with Crippen LogP contribution in [0.2, 0.25) is 0 Å². The van der Waals surface area contributed by atoms with E-state index in [1.54, 1.807) is 6.92 Å². The van der Waals surface area contributed by atoms with Crippen LogP contribution in [-0.4, -0.2) is 43.9 Å². The lowest BCUT2D eigenvalue weighted by Crippen LogP contribution is -2.45. The van der Waals surface area contributed by atoms with E-state index < -0.39 is 10.2 Å². The Balaban J connectivity index is 2.71. The molecule has 0 unspecified atom stereocenters. The highest BCUT2D eigenvalue weighted by Gasteiger charge is 2.29. The average Bonchev–Trinajstić information content (AvgIpc) is 2.20. The molecule has 0 amide bonds. The third-order valence-electron chi connectivity index (χ3n) is 2.36. The van der Waals surface area contributed by atoms with Crippen LogP contribution in [0.25, 0.3) is 0 Å². The average molecular weight is 222 g/mol. The molecule has 1 aliphatic heterocycles. The first kappa shape index (κ1) is 11.9. The molecule has 1 fully saturated rings. The molecule has 0 bridgehead atoms. The zero-order valence-corrected chi connectivity index (χ0v) is 9.59. The molecule has 0 spiro atoms. The molecule has 1 saturated heterocycles. The van der Waals surface area contributed by atoms with Crippen LogP contribution >= 0.6 is 0 Å². The van der Waals surface area contributed by atoms with Gasteiger partial charge in [0.1, 0.15) is 0 Å². The second kappa shape index (κ2) is 5.06. The predicted octanol–water partition coefficient (Wildman–Crippen LogP) is 0.600. The van der Waals surface area contributed by atoms with Crippen LogP contribution in [0.1, 0.15) is 26.2 Å². The molecule has 0 radical (unpaired) electrons. The fourth-order valence-electron chi connectivity index (χ4n) is 1.61. The van der Waals surface area contributed by atoms with Gasteiger partial charge in [0.2, 0.25) is 0 Å². The Morgan fingerprint density at radius 2 is 1.86 bits per heavy atom. The predicted molar refractivity (Wildman–Crippen MR) is 53.7 cm³/mol. The zero-order valence-electron chi connectivity index (χ0n) is 8.77. The summed E-state index contributed by atoms with van der Waals surface area (Å²) < 4.78 is 26.3. The van der Waals surface area contributed by atoms with Crippen LogP contribution in [0, 0.1) is 0 Å². The summed E-state index contributed by atoms with van der Waals surface area (Å²) in [5.74, 6) is 0. The van der Waals surface area contributed by atoms with E-state index in [0.717, 1.165) is 23.7 Å². The van der Waals surface area contributed by atoms with Crippen LogP contribution in [0.3, 0.4) is 0 Å². The summed E-state index contributed by atoms with van der Waals surface area (Å²) in [5, 5.41) is 0. The topological polar surface area (TPSA) is 49.9 Å². The van der Waals surface area contributed by atoms with Gasteiger partial charge in [-0.3, -0.25) is 4.84 Å². The van der Waals surface area contributed by atoms with Gasteiger partial charge in [0.25, 0.3) is 0 Å². The van der Waals surface area contributed by atoms with Crippen LogP contribution < -0.4 is 0 Å². The molecule has 0 N–H and O–H groups in total. The molecule has 84 valence electrons. The number of hydroxylamine groups is 1. The minimum Gasteiger partial charge on any atom is -0.287 e. The van der Waals surface area contributed by atoms with Crippen molar-refractivity contribution in [3.8, 4) is 0 Å². The Morgan fingerprint density at radius 3 is 2.29 bits per heavy atom. The summed E-state index contributed by atoms with van der Waals surface area (Å²) in [7, 11) is -2.00. The molecule has 0 aliphatic carbocycles. The number of nitrogens with zero attached hydrogens (tertiary/aromatic N) is 2. The molecule has 0 aromatic heterocycles. The van der Waals surface area contributed by atoms with E-state index in [1.165, 1.54) is 11.4 Å². The molecule has 1 aliphatic rings. The molecule has 0 saturated carbocycles. The summed E-state index contributed by atoms with van der Waals surface area (Å²) >= 11 is 0. The van der Waals surface area contributed by atoms with Gasteiger partial charge >= 0.3 is 10.2 Å². The highest BCUT2D eigenvalue weighted by Crippen LogP contribution is 2.15. The first-order chi connectivity index (χ1) is 6.62. The van der Waals surface area contributed by atoms with Crippen LogP contribution in [0.15, 0.2) is 0 Å². The van der Waals surface area contributed by atoms with Gasteiger partial charge in [-0.15, -0.1) is 0 Å². The van der Waals surface area contributed by atoms with Crippen molar-refractivity contribution in [2.45, 2.75) is 26.2 Å². The van der Waals surface area contributed by atoms with E-state index in [-0.39, 0.29) is 0 Å². The third kappa shape index (κ3) is 2.44. The van der Waals surface area contributed by atoms with Gasteiger partial charge in [0, 0.05) is 19.6 Å². The molecule has 14 heavy (non-hydrogen) atoms. The van der Waals surface area contributed by atoms with Gasteiger partial charge < -0.3 is 0 Å². The van der Waals surface area contributed by atoms with E-state index in [4.69, 9.17) is 4.84 Å². The Labute approximate surface area is 85.8 Å². The van der Waals surface area contributed by atoms with E-state index in [2.05, 4.69) is 0 Å². The lowest BCUT2D eigenvalue weighted by atomic mass is 10.2. The van der Waals surface area contributed by atoms with Crippen molar-refractivity contribution < 1.29 is 13.3 Å². The first-order valence-corrected chi connectivity index (χ1v) is 6.34. The van der Waals surface area contributed by atoms with E-state index in [0.29, 0.717) is 19.6 Å². The highest BCUT2D eigenvalue weighted by atomic mass is 32.2. The van der Waals surface area contributed by atoms with E-state index >= 15 is 0 Å². The second-order valence-electron chi connectivity index (χ2n) is 3.27. The molecule has 0 aromatic carbocycles. The molecule has 6 heteroatoms. The van der Waals surface area contributed by atoms with E-state index in [1.807, 2.05) is 0 Å². The first-order valence-electron chi connectivity index (χ1n) is 4.95. The summed E-state index contributed by atoms with van der Waals surface area (Å²) in [5.41, 5.74) is 0. The molecule has 0 atom stereocenters. The summed E-state index contributed by atoms with van der Waals surface area (Å²) in [6.07, 6.45) is 3.01. The maximum absolute atomic E-state index is 11.9. The molecule has 1 heterocycles. The standard InChI is InChI=1S/C8H18N2O3S/c1-3-10(13-2)14(11,12)9-7-5-4-6-8-9/h3-8H2,1-2H3. The van der Waals surface area contributed by atoms with Gasteiger partial charge in [0.15, 0.2) is 0 Å². The maximum Gasteiger partial charge on any atom is 0.304 e. The zero-order chi connectivity index (χ0) is 10.6. The van der Waals surface area contributed by atoms with E-state index in [9.17, 15) is 8.42 Å². The summed E-state index contributed by atoms with van der Waals surface area (Å²) in [6, 6.07) is 0. The Bertz CT molecular complexity index is 256. The number of rotatable bonds is 4. The van der Waals surface area contributed by atoms with Crippen LogP contribution in [0.5, 0.6) is 0 Å². The molecule has 1 rings (SSSR count). The van der Waals surface area contributed by atoms with Crippen molar-refractivity contribution in [3.63, 3.8) is 0 Å². The summed E-state index contributed by atoms with van der Waals surface area (Å²) in [6.45, 7) is 3.32. The lowest BCUT2D eigenvalue weighted by molar-refractivity contribution is -0.0502. The molecular weight excluding hydrogens is 204 g/mol. The van der Waals surface area contributed by atoms with Crippen molar-refractivity contribution in [1.82, 2.24) is 8.77 Å².